The van der Waals surface area contributed by atoms with E-state index in [0.717, 1.165) is 11.7 Å². The highest BCUT2D eigenvalue weighted by Gasteiger charge is 2.05. The minimum atomic E-state index is 0.507. The zero-order chi connectivity index (χ0) is 12.0. The van der Waals surface area contributed by atoms with Crippen LogP contribution in [0.25, 0.3) is 0 Å². The van der Waals surface area contributed by atoms with Gasteiger partial charge in [-0.15, -0.1) is 0 Å². The second kappa shape index (κ2) is 6.51. The summed E-state index contributed by atoms with van der Waals surface area (Å²) in [5, 5.41) is 3.47. The van der Waals surface area contributed by atoms with Crippen LogP contribution in [0.1, 0.15) is 45.6 Å². The Bertz CT molecular complexity index is 307. The van der Waals surface area contributed by atoms with Crippen LogP contribution in [0.5, 0.6) is 0 Å². The number of pyridine rings is 1. The minimum Gasteiger partial charge on any atom is -0.367 e. The summed E-state index contributed by atoms with van der Waals surface area (Å²) < 4.78 is 0. The maximum atomic E-state index is 4.35. The Balaban J connectivity index is 2.34. The molecule has 0 amide bonds. The molecule has 1 unspecified atom stereocenters. The summed E-state index contributed by atoms with van der Waals surface area (Å²) in [4.78, 5) is 4.35. The van der Waals surface area contributed by atoms with Crippen molar-refractivity contribution in [2.75, 3.05) is 5.32 Å². The van der Waals surface area contributed by atoms with Gasteiger partial charge in [0.1, 0.15) is 5.82 Å². The van der Waals surface area contributed by atoms with Crippen molar-refractivity contribution in [3.05, 3.63) is 23.9 Å². The van der Waals surface area contributed by atoms with Gasteiger partial charge in [0.2, 0.25) is 0 Å². The summed E-state index contributed by atoms with van der Waals surface area (Å²) in [5.41, 5.74) is 1.22. The third-order valence-electron chi connectivity index (χ3n) is 2.81. The van der Waals surface area contributed by atoms with Crippen molar-refractivity contribution in [1.29, 1.82) is 0 Å². The first kappa shape index (κ1) is 13.0. The third kappa shape index (κ3) is 4.65. The summed E-state index contributed by atoms with van der Waals surface area (Å²) in [6.45, 7) is 8.88. The molecule has 0 aliphatic heterocycles. The predicted molar refractivity (Wildman–Crippen MR) is 70.7 cm³/mol. The fourth-order valence-corrected chi connectivity index (χ4v) is 1.77. The largest absolute Gasteiger partial charge is 0.367 e. The van der Waals surface area contributed by atoms with E-state index in [1.807, 2.05) is 12.3 Å². The Hall–Kier alpha value is -1.05. The Morgan fingerprint density at radius 1 is 1.25 bits per heavy atom. The van der Waals surface area contributed by atoms with E-state index in [0.29, 0.717) is 6.04 Å². The van der Waals surface area contributed by atoms with Crippen LogP contribution < -0.4 is 5.32 Å². The third-order valence-corrected chi connectivity index (χ3v) is 2.81. The molecule has 1 N–H and O–H groups in total. The molecule has 0 aliphatic rings. The topological polar surface area (TPSA) is 24.9 Å². The summed E-state index contributed by atoms with van der Waals surface area (Å²) in [5.74, 6) is 1.84. The Morgan fingerprint density at radius 2 is 2.00 bits per heavy atom. The van der Waals surface area contributed by atoms with E-state index >= 15 is 0 Å². The van der Waals surface area contributed by atoms with Crippen LogP contribution in [-0.2, 0) is 0 Å². The fraction of sp³-hybridized carbons (Fsp3) is 0.643. The van der Waals surface area contributed by atoms with E-state index < -0.39 is 0 Å². The Kier molecular flexibility index (Phi) is 5.30. The van der Waals surface area contributed by atoms with Gasteiger partial charge in [-0.3, -0.25) is 0 Å². The first-order valence-electron chi connectivity index (χ1n) is 6.27. The second-order valence-electron chi connectivity index (χ2n) is 5.04. The monoisotopic (exact) mass is 220 g/mol. The molecule has 0 radical (unpaired) electrons. The quantitative estimate of drug-likeness (QED) is 0.783. The molecule has 2 nitrogen and oxygen atoms in total. The van der Waals surface area contributed by atoms with E-state index in [1.54, 1.807) is 0 Å². The lowest BCUT2D eigenvalue weighted by molar-refractivity contribution is 0.520. The molecule has 1 atom stereocenters. The van der Waals surface area contributed by atoms with Crippen molar-refractivity contribution < 1.29 is 0 Å². The highest BCUT2D eigenvalue weighted by atomic mass is 15.0. The smallest absolute Gasteiger partial charge is 0.129 e. The molecule has 1 aromatic rings. The summed E-state index contributed by atoms with van der Waals surface area (Å²) in [7, 11) is 0. The van der Waals surface area contributed by atoms with Crippen molar-refractivity contribution in [2.45, 2.75) is 53.0 Å². The van der Waals surface area contributed by atoms with Gasteiger partial charge in [0.25, 0.3) is 0 Å². The van der Waals surface area contributed by atoms with Gasteiger partial charge in [0.05, 0.1) is 0 Å². The summed E-state index contributed by atoms with van der Waals surface area (Å²) in [6.07, 6.45) is 5.66. The van der Waals surface area contributed by atoms with Crippen molar-refractivity contribution in [3.8, 4) is 0 Å². The Morgan fingerprint density at radius 3 is 2.62 bits per heavy atom. The number of nitrogens with one attached hydrogen (secondary N) is 1. The lowest BCUT2D eigenvalue weighted by Gasteiger charge is -2.16. The highest BCUT2D eigenvalue weighted by Crippen LogP contribution is 2.14. The minimum absolute atomic E-state index is 0.507. The maximum Gasteiger partial charge on any atom is 0.129 e. The molecular formula is C14H24N2. The molecule has 0 saturated heterocycles. The molecule has 0 spiro atoms. The van der Waals surface area contributed by atoms with Gasteiger partial charge in [-0.1, -0.05) is 32.8 Å². The van der Waals surface area contributed by atoms with Crippen LogP contribution in [0.2, 0.25) is 0 Å². The molecule has 0 fully saturated rings. The average Bonchev–Trinajstić information content (AvgIpc) is 2.21. The zero-order valence-corrected chi connectivity index (χ0v) is 11.0. The van der Waals surface area contributed by atoms with Crippen LogP contribution in [-0.4, -0.2) is 11.0 Å². The number of anilines is 1. The van der Waals surface area contributed by atoms with Crippen LogP contribution in [0, 0.1) is 12.8 Å². The first-order chi connectivity index (χ1) is 7.59. The molecular weight excluding hydrogens is 196 g/mol. The molecule has 16 heavy (non-hydrogen) atoms. The molecule has 0 aliphatic carbocycles. The van der Waals surface area contributed by atoms with Crippen molar-refractivity contribution in [3.63, 3.8) is 0 Å². The lowest BCUT2D eigenvalue weighted by Crippen LogP contribution is -2.16. The van der Waals surface area contributed by atoms with Gasteiger partial charge in [-0.2, -0.15) is 0 Å². The van der Waals surface area contributed by atoms with Gasteiger partial charge < -0.3 is 5.32 Å². The van der Waals surface area contributed by atoms with Gasteiger partial charge in [-0.05, 0) is 37.8 Å². The van der Waals surface area contributed by atoms with E-state index in [2.05, 4.69) is 44.1 Å². The van der Waals surface area contributed by atoms with E-state index in [9.17, 15) is 0 Å². The molecule has 0 aromatic carbocycles. The van der Waals surface area contributed by atoms with Crippen molar-refractivity contribution in [2.24, 2.45) is 5.92 Å². The molecule has 0 saturated carbocycles. The van der Waals surface area contributed by atoms with Gasteiger partial charge in [0.15, 0.2) is 0 Å². The van der Waals surface area contributed by atoms with Crippen LogP contribution >= 0.6 is 0 Å². The summed E-state index contributed by atoms with van der Waals surface area (Å²) >= 11 is 0. The standard InChI is InChI=1S/C14H24N2/c1-11(2)7-5-9-13(4)16-14-12(3)8-6-10-15-14/h6,8,10-11,13H,5,7,9H2,1-4H3,(H,15,16). The van der Waals surface area contributed by atoms with E-state index in [-0.39, 0.29) is 0 Å². The van der Waals surface area contributed by atoms with Crippen LogP contribution in [0.3, 0.4) is 0 Å². The number of aryl methyl sites for hydroxylation is 1. The average molecular weight is 220 g/mol. The number of hydrogen-bond acceptors (Lipinski definition) is 2. The SMILES string of the molecule is Cc1cccnc1NC(C)CCCC(C)C. The number of hydrogen-bond donors (Lipinski definition) is 1. The molecule has 2 heteroatoms. The van der Waals surface area contributed by atoms with Crippen molar-refractivity contribution >= 4 is 5.82 Å². The maximum absolute atomic E-state index is 4.35. The van der Waals surface area contributed by atoms with Crippen LogP contribution in [0.4, 0.5) is 5.82 Å². The highest BCUT2D eigenvalue weighted by molar-refractivity contribution is 5.43. The Labute approximate surface area is 99.5 Å². The van der Waals surface area contributed by atoms with Gasteiger partial charge >= 0.3 is 0 Å². The zero-order valence-electron chi connectivity index (χ0n) is 11.0. The second-order valence-corrected chi connectivity index (χ2v) is 5.04. The van der Waals surface area contributed by atoms with Gasteiger partial charge in [0, 0.05) is 12.2 Å². The predicted octanol–water partition coefficient (Wildman–Crippen LogP) is 4.02. The normalized spacial score (nSPS) is 12.8. The molecule has 1 rings (SSSR count). The fourth-order valence-electron chi connectivity index (χ4n) is 1.77. The van der Waals surface area contributed by atoms with E-state index in [4.69, 9.17) is 0 Å². The van der Waals surface area contributed by atoms with Crippen molar-refractivity contribution in [1.82, 2.24) is 4.98 Å². The number of rotatable bonds is 6. The van der Waals surface area contributed by atoms with Gasteiger partial charge in [-0.25, -0.2) is 4.98 Å². The number of nitrogens with zero attached hydrogens (tertiary/aromatic N) is 1. The molecule has 0 bridgehead atoms. The summed E-state index contributed by atoms with van der Waals surface area (Å²) in [6, 6.07) is 4.58. The lowest BCUT2D eigenvalue weighted by atomic mass is 10.0. The number of aromatic nitrogens is 1. The molecule has 1 heterocycles. The molecule has 90 valence electrons. The van der Waals surface area contributed by atoms with Crippen LogP contribution in [0.15, 0.2) is 18.3 Å². The first-order valence-corrected chi connectivity index (χ1v) is 6.27. The molecule has 1 aromatic heterocycles. The van der Waals surface area contributed by atoms with E-state index in [1.165, 1.54) is 24.8 Å².